The van der Waals surface area contributed by atoms with Crippen LogP contribution in [0.2, 0.25) is 0 Å². The molecule has 9 heteroatoms. The van der Waals surface area contributed by atoms with Gasteiger partial charge >= 0.3 is 0 Å². The highest BCUT2D eigenvalue weighted by Gasteiger charge is 2.31. The second kappa shape index (κ2) is 11.7. The Balaban J connectivity index is 1.10. The van der Waals surface area contributed by atoms with Crippen LogP contribution in [0.3, 0.4) is 0 Å². The molecule has 1 amide bonds. The Morgan fingerprint density at radius 2 is 1.87 bits per heavy atom. The van der Waals surface area contributed by atoms with Crippen molar-refractivity contribution in [2.45, 2.75) is 50.7 Å². The quantitative estimate of drug-likeness (QED) is 0.312. The van der Waals surface area contributed by atoms with Crippen molar-refractivity contribution >= 4 is 28.2 Å². The summed E-state index contributed by atoms with van der Waals surface area (Å²) in [5.74, 6) is 1.11. The number of aliphatic hydroxyl groups excluding tert-OH is 1. The van der Waals surface area contributed by atoms with Crippen LogP contribution in [0.4, 0.5) is 5.69 Å². The van der Waals surface area contributed by atoms with E-state index >= 15 is 0 Å². The largest absolute Gasteiger partial charge is 0.491 e. The van der Waals surface area contributed by atoms with Gasteiger partial charge in [-0.2, -0.15) is 0 Å². The van der Waals surface area contributed by atoms with E-state index in [9.17, 15) is 9.90 Å². The number of piperidine rings is 1. The van der Waals surface area contributed by atoms with Crippen LogP contribution in [0.25, 0.3) is 27.9 Å². The van der Waals surface area contributed by atoms with E-state index in [-0.39, 0.29) is 12.5 Å². The molecule has 1 saturated heterocycles. The maximum Gasteiger partial charge on any atom is 0.262 e. The molecule has 2 fully saturated rings. The van der Waals surface area contributed by atoms with E-state index < -0.39 is 0 Å². The van der Waals surface area contributed by atoms with Gasteiger partial charge in [-0.1, -0.05) is 24.3 Å². The first-order valence-corrected chi connectivity index (χ1v) is 16.3. The maximum absolute atomic E-state index is 13.9. The molecule has 0 spiro atoms. The molecule has 1 aliphatic carbocycles. The normalized spacial score (nSPS) is 20.2. The van der Waals surface area contributed by atoms with E-state index in [0.717, 1.165) is 47.5 Å². The lowest BCUT2D eigenvalue weighted by Crippen LogP contribution is -2.45. The molecular weight excluding hydrogens is 564 g/mol. The number of hydrogen-bond donors (Lipinski definition) is 2. The monoisotopic (exact) mass is 604 g/mol. The number of ether oxygens (including phenoxy) is 1. The number of fused-ring (bicyclic) bond motifs is 2. The topological polar surface area (TPSA) is 97.8 Å². The molecule has 232 valence electrons. The van der Waals surface area contributed by atoms with Gasteiger partial charge in [-0.3, -0.25) is 9.69 Å². The highest BCUT2D eigenvalue weighted by atomic mass is 16.5. The van der Waals surface area contributed by atoms with Crippen molar-refractivity contribution in [1.82, 2.24) is 24.8 Å². The van der Waals surface area contributed by atoms with Crippen molar-refractivity contribution < 1.29 is 14.6 Å². The lowest BCUT2D eigenvalue weighted by atomic mass is 9.98. The fourth-order valence-electron chi connectivity index (χ4n) is 7.39. The third-order valence-corrected chi connectivity index (χ3v) is 10.2. The molecule has 4 aliphatic rings. The molecule has 2 aromatic carbocycles. The number of carbonyl (C=O) groups is 1. The molecule has 45 heavy (non-hydrogen) atoms. The zero-order valence-electron chi connectivity index (χ0n) is 25.8. The third kappa shape index (κ3) is 5.32. The van der Waals surface area contributed by atoms with Crippen molar-refractivity contribution in [3.8, 4) is 17.0 Å². The Morgan fingerprint density at radius 1 is 1.00 bits per heavy atom. The van der Waals surface area contributed by atoms with Crippen molar-refractivity contribution in [3.63, 3.8) is 0 Å². The number of aromatic amines is 1. The van der Waals surface area contributed by atoms with E-state index in [4.69, 9.17) is 9.72 Å². The molecule has 0 atom stereocenters. The molecule has 3 aliphatic heterocycles. The fraction of sp³-hybridized carbons (Fsp3) is 0.417. The first-order valence-electron chi connectivity index (χ1n) is 16.3. The number of carbonyl (C=O) groups excluding carboxylic acids is 1. The Morgan fingerprint density at radius 3 is 2.64 bits per heavy atom. The minimum atomic E-state index is -0.232. The molecule has 5 heterocycles. The molecule has 0 bridgehead atoms. The molecule has 4 aromatic rings. The van der Waals surface area contributed by atoms with Gasteiger partial charge in [0.1, 0.15) is 24.3 Å². The number of aliphatic hydroxyl groups is 1. The number of aromatic nitrogens is 3. The summed E-state index contributed by atoms with van der Waals surface area (Å²) >= 11 is 0. The number of amides is 1. The number of anilines is 1. The zero-order chi connectivity index (χ0) is 30.5. The highest BCUT2D eigenvalue weighted by Crippen LogP contribution is 2.43. The summed E-state index contributed by atoms with van der Waals surface area (Å²) in [6.45, 7) is 4.91. The summed E-state index contributed by atoms with van der Waals surface area (Å²) < 4.78 is 6.08. The minimum Gasteiger partial charge on any atom is -0.491 e. The zero-order valence-corrected chi connectivity index (χ0v) is 25.8. The molecule has 0 unspecified atom stereocenters. The average Bonchev–Trinajstić information content (AvgIpc) is 3.86. The summed E-state index contributed by atoms with van der Waals surface area (Å²) in [6, 6.07) is 14.6. The van der Waals surface area contributed by atoms with E-state index in [0.29, 0.717) is 47.7 Å². The Labute approximate surface area is 263 Å². The van der Waals surface area contributed by atoms with Gasteiger partial charge in [0.15, 0.2) is 0 Å². The Bertz CT molecular complexity index is 1780. The number of nitrogens with zero attached hydrogens (tertiary/aromatic N) is 5. The van der Waals surface area contributed by atoms with Crippen molar-refractivity contribution in [2.24, 2.45) is 0 Å². The van der Waals surface area contributed by atoms with E-state index in [2.05, 4.69) is 45.0 Å². The van der Waals surface area contributed by atoms with Crippen molar-refractivity contribution in [1.29, 1.82) is 0 Å². The van der Waals surface area contributed by atoms with Crippen LogP contribution >= 0.6 is 0 Å². The predicted molar refractivity (Wildman–Crippen MR) is 176 cm³/mol. The van der Waals surface area contributed by atoms with Gasteiger partial charge in [-0.15, -0.1) is 0 Å². The highest BCUT2D eigenvalue weighted by molar-refractivity contribution is 6.09. The summed E-state index contributed by atoms with van der Waals surface area (Å²) in [5.41, 5.74) is 7.81. The van der Waals surface area contributed by atoms with Crippen LogP contribution in [0.1, 0.15) is 65.2 Å². The smallest absolute Gasteiger partial charge is 0.262 e. The van der Waals surface area contributed by atoms with Gasteiger partial charge in [0.2, 0.25) is 0 Å². The Hall–Kier alpha value is -4.05. The first kappa shape index (κ1) is 28.4. The number of rotatable bonds is 6. The van der Waals surface area contributed by atoms with E-state index in [1.54, 1.807) is 11.2 Å². The SMILES string of the molecule is CN1CCC(N2CC=C(c3cc4c(-c5cccc(N6CCOc7cc(C8CC8)ccc7C6=O)c5CO)ncnc4[nH]3)CC2)CC1. The summed E-state index contributed by atoms with van der Waals surface area (Å²) in [4.78, 5) is 33.5. The van der Waals surface area contributed by atoms with Crippen LogP contribution in [-0.4, -0.2) is 88.2 Å². The van der Waals surface area contributed by atoms with Gasteiger partial charge in [0.25, 0.3) is 5.91 Å². The third-order valence-electron chi connectivity index (χ3n) is 10.2. The molecule has 0 radical (unpaired) electrons. The number of H-pyrrole nitrogens is 1. The van der Waals surface area contributed by atoms with Gasteiger partial charge < -0.3 is 24.6 Å². The van der Waals surface area contributed by atoms with Crippen LogP contribution in [0.5, 0.6) is 5.75 Å². The van der Waals surface area contributed by atoms with E-state index in [1.165, 1.54) is 49.9 Å². The number of benzene rings is 2. The van der Waals surface area contributed by atoms with E-state index in [1.807, 2.05) is 30.3 Å². The molecule has 2 N–H and O–H groups in total. The average molecular weight is 605 g/mol. The van der Waals surface area contributed by atoms with Gasteiger partial charge in [-0.25, -0.2) is 9.97 Å². The molecule has 2 aromatic heterocycles. The van der Waals surface area contributed by atoms with Crippen molar-refractivity contribution in [3.05, 3.63) is 77.3 Å². The molecular formula is C36H40N6O3. The number of likely N-dealkylation sites (tertiary alicyclic amines) is 1. The lowest BCUT2D eigenvalue weighted by molar-refractivity contribution is 0.0989. The predicted octanol–water partition coefficient (Wildman–Crippen LogP) is 5.22. The van der Waals surface area contributed by atoms with Gasteiger partial charge in [0.05, 0.1) is 30.1 Å². The lowest BCUT2D eigenvalue weighted by Gasteiger charge is -2.38. The summed E-state index contributed by atoms with van der Waals surface area (Å²) in [7, 11) is 2.21. The summed E-state index contributed by atoms with van der Waals surface area (Å²) in [5, 5.41) is 11.6. The fourth-order valence-corrected chi connectivity index (χ4v) is 7.39. The van der Waals surface area contributed by atoms with Gasteiger partial charge in [-0.05, 0) is 93.6 Å². The Kier molecular flexibility index (Phi) is 7.40. The number of nitrogens with one attached hydrogen (secondary N) is 1. The summed E-state index contributed by atoms with van der Waals surface area (Å²) in [6.07, 6.45) is 9.78. The van der Waals surface area contributed by atoms with Crippen LogP contribution in [0.15, 0.2) is 54.9 Å². The standard InChI is InChI=1S/C36H40N6O3/c1-40-13-11-26(12-14-40)41-15-9-24(10-16-41)31-20-29-34(37-22-38-35(29)39-31)27-3-2-4-32(30(27)21-43)42-17-18-45-33-19-25(23-5-6-23)7-8-28(33)36(42)44/h2-4,7-9,19-20,22-23,26,43H,5-6,10-18,21H2,1H3,(H,37,38,39). The molecule has 1 saturated carbocycles. The van der Waals surface area contributed by atoms with Crippen LogP contribution in [-0.2, 0) is 6.61 Å². The van der Waals surface area contributed by atoms with Crippen molar-refractivity contribution in [2.75, 3.05) is 51.3 Å². The molecule has 9 nitrogen and oxygen atoms in total. The first-order chi connectivity index (χ1) is 22.1. The van der Waals surface area contributed by atoms with Gasteiger partial charge in [0, 0.05) is 41.3 Å². The van der Waals surface area contributed by atoms with Crippen LogP contribution in [0, 0.1) is 0 Å². The minimum absolute atomic E-state index is 0.119. The second-order valence-corrected chi connectivity index (χ2v) is 13.0. The second-order valence-electron chi connectivity index (χ2n) is 13.0. The maximum atomic E-state index is 13.9. The molecule has 8 rings (SSSR count). The number of hydrogen-bond acceptors (Lipinski definition) is 7. The van der Waals surface area contributed by atoms with Crippen LogP contribution < -0.4 is 9.64 Å².